The maximum Gasteiger partial charge on any atom is 0.333 e. The van der Waals surface area contributed by atoms with Crippen molar-refractivity contribution in [2.24, 2.45) is 16.0 Å². The summed E-state index contributed by atoms with van der Waals surface area (Å²) < 4.78 is 26.7. The van der Waals surface area contributed by atoms with Gasteiger partial charge in [-0.3, -0.25) is 4.18 Å². The van der Waals surface area contributed by atoms with Crippen LogP contribution in [-0.2, 0) is 20.9 Å². The van der Waals surface area contributed by atoms with E-state index in [-0.39, 0.29) is 18.6 Å². The third-order valence-electron chi connectivity index (χ3n) is 5.84. The van der Waals surface area contributed by atoms with E-state index in [9.17, 15) is 13.5 Å². The molecule has 0 amide bonds. The number of benzene rings is 1. The average molecular weight is 432 g/mol. The number of aliphatic hydroxyl groups excluding tert-OH is 1. The molecule has 0 unspecified atom stereocenters. The first-order valence-electron chi connectivity index (χ1n) is 9.81. The van der Waals surface area contributed by atoms with Gasteiger partial charge in [0.1, 0.15) is 12.0 Å². The van der Waals surface area contributed by atoms with Gasteiger partial charge in [-0.1, -0.05) is 18.2 Å². The van der Waals surface area contributed by atoms with E-state index in [2.05, 4.69) is 45.4 Å². The van der Waals surface area contributed by atoms with Crippen LogP contribution in [0.5, 0.6) is 0 Å². The van der Waals surface area contributed by atoms with Crippen molar-refractivity contribution in [2.75, 3.05) is 11.9 Å². The molecule has 0 bridgehead atoms. The lowest BCUT2D eigenvalue weighted by Crippen LogP contribution is -2.24. The predicted molar refractivity (Wildman–Crippen MR) is 113 cm³/mol. The highest BCUT2D eigenvalue weighted by Crippen LogP contribution is 2.36. The maximum absolute atomic E-state index is 11.0. The van der Waals surface area contributed by atoms with Crippen LogP contribution in [0.25, 0.3) is 0 Å². The number of rotatable bonds is 6. The maximum atomic E-state index is 11.0. The van der Waals surface area contributed by atoms with Crippen LogP contribution in [0.4, 0.5) is 11.5 Å². The van der Waals surface area contributed by atoms with Crippen molar-refractivity contribution in [1.82, 2.24) is 9.97 Å². The molecule has 4 rings (SSSR count). The number of aliphatic imine (C=N–C) groups is 1. The van der Waals surface area contributed by atoms with Crippen molar-refractivity contribution in [3.05, 3.63) is 46.9 Å². The Morgan fingerprint density at radius 3 is 2.83 bits per heavy atom. The molecule has 0 spiro atoms. The third-order valence-corrected chi connectivity index (χ3v) is 6.30. The largest absolute Gasteiger partial charge is 0.393 e. The molecule has 4 N–H and O–H groups in total. The van der Waals surface area contributed by atoms with E-state index in [4.69, 9.17) is 10.1 Å². The standard InChI is InChI=1S/C20H25N5O4S/c1-11-4-3-5-15(12(11)2)16-8-17-19(25-16)20(23-10-22-17)24-14-6-13(18(26)7-14)9-29-30(21,27)28/h3-5,10,13-14,18,26H,6-9H2,1-2H3,(H2,21,27,28)(H,22,23,24)/t13-,14+,18-/m0/s1. The summed E-state index contributed by atoms with van der Waals surface area (Å²) >= 11 is 0. The Morgan fingerprint density at radius 2 is 2.07 bits per heavy atom. The highest BCUT2D eigenvalue weighted by molar-refractivity contribution is 7.84. The summed E-state index contributed by atoms with van der Waals surface area (Å²) in [4.78, 5) is 13.6. The average Bonchev–Trinajstić information content (AvgIpc) is 3.25. The Balaban J connectivity index is 1.51. The number of fused-ring (bicyclic) bond motifs is 1. The normalized spacial score (nSPS) is 23.3. The Hall–Kier alpha value is -2.40. The van der Waals surface area contributed by atoms with Gasteiger partial charge < -0.3 is 10.4 Å². The second kappa shape index (κ2) is 8.03. The topological polar surface area (TPSA) is 140 Å². The van der Waals surface area contributed by atoms with Crippen molar-refractivity contribution in [1.29, 1.82) is 0 Å². The predicted octanol–water partition coefficient (Wildman–Crippen LogP) is 1.54. The monoisotopic (exact) mass is 431 g/mol. The molecule has 1 fully saturated rings. The molecule has 30 heavy (non-hydrogen) atoms. The first-order valence-corrected chi connectivity index (χ1v) is 11.3. The zero-order valence-electron chi connectivity index (χ0n) is 16.9. The number of aromatic nitrogens is 2. The van der Waals surface area contributed by atoms with Crippen LogP contribution in [0.15, 0.2) is 29.5 Å². The van der Waals surface area contributed by atoms with E-state index >= 15 is 0 Å². The van der Waals surface area contributed by atoms with Gasteiger partial charge in [0.25, 0.3) is 0 Å². The molecule has 1 aromatic heterocycles. The van der Waals surface area contributed by atoms with Gasteiger partial charge in [-0.2, -0.15) is 8.42 Å². The molecule has 0 saturated heterocycles. The molecular weight excluding hydrogens is 406 g/mol. The molecule has 10 heteroatoms. The van der Waals surface area contributed by atoms with Crippen molar-refractivity contribution in [2.45, 2.75) is 45.3 Å². The fourth-order valence-corrected chi connectivity index (χ4v) is 4.46. The van der Waals surface area contributed by atoms with E-state index < -0.39 is 16.4 Å². The summed E-state index contributed by atoms with van der Waals surface area (Å²) in [6.07, 6.45) is 2.44. The van der Waals surface area contributed by atoms with Gasteiger partial charge in [-0.25, -0.2) is 20.1 Å². The molecule has 1 aliphatic carbocycles. The molecule has 3 atom stereocenters. The van der Waals surface area contributed by atoms with Crippen LogP contribution in [-0.4, -0.2) is 48.0 Å². The molecule has 2 aromatic rings. The molecular formula is C20H25N5O4S. The smallest absolute Gasteiger partial charge is 0.333 e. The lowest BCUT2D eigenvalue weighted by atomic mass is 9.98. The second-order valence-electron chi connectivity index (χ2n) is 7.92. The molecule has 1 aliphatic heterocycles. The van der Waals surface area contributed by atoms with Crippen LogP contribution in [0.1, 0.15) is 35.2 Å². The zero-order chi connectivity index (χ0) is 21.5. The van der Waals surface area contributed by atoms with E-state index in [1.165, 1.54) is 17.5 Å². The van der Waals surface area contributed by atoms with E-state index in [1.807, 2.05) is 6.07 Å². The first kappa shape index (κ1) is 20.9. The lowest BCUT2D eigenvalue weighted by molar-refractivity contribution is 0.101. The van der Waals surface area contributed by atoms with Gasteiger partial charge in [-0.05, 0) is 43.4 Å². The van der Waals surface area contributed by atoms with Crippen LogP contribution >= 0.6 is 0 Å². The Labute approximate surface area is 175 Å². The van der Waals surface area contributed by atoms with Gasteiger partial charge in [0, 0.05) is 18.4 Å². The zero-order valence-corrected chi connectivity index (χ0v) is 17.7. The molecule has 2 heterocycles. The molecule has 1 aromatic carbocycles. The minimum absolute atomic E-state index is 0.0898. The number of aryl methyl sites for hydroxylation is 1. The minimum atomic E-state index is -4.03. The highest BCUT2D eigenvalue weighted by Gasteiger charge is 2.35. The summed E-state index contributed by atoms with van der Waals surface area (Å²) in [5, 5.41) is 18.5. The molecule has 9 nitrogen and oxygen atoms in total. The number of hydrogen-bond acceptors (Lipinski definition) is 8. The fraction of sp³-hybridized carbons (Fsp3) is 0.450. The summed E-state index contributed by atoms with van der Waals surface area (Å²) in [6, 6.07) is 6.08. The summed E-state index contributed by atoms with van der Waals surface area (Å²) in [6.45, 7) is 4.02. The van der Waals surface area contributed by atoms with E-state index in [1.54, 1.807) is 0 Å². The Kier molecular flexibility index (Phi) is 5.58. The third kappa shape index (κ3) is 4.36. The van der Waals surface area contributed by atoms with Crippen LogP contribution < -0.4 is 10.5 Å². The summed E-state index contributed by atoms with van der Waals surface area (Å²) in [5.74, 6) is 0.287. The first-order chi connectivity index (χ1) is 14.2. The van der Waals surface area contributed by atoms with Crippen molar-refractivity contribution in [3.63, 3.8) is 0 Å². The molecule has 160 valence electrons. The van der Waals surface area contributed by atoms with Gasteiger partial charge >= 0.3 is 10.3 Å². The molecule has 2 aliphatic rings. The summed E-state index contributed by atoms with van der Waals surface area (Å²) in [7, 11) is -4.03. The second-order valence-corrected chi connectivity index (χ2v) is 9.14. The van der Waals surface area contributed by atoms with Gasteiger partial charge in [0.2, 0.25) is 0 Å². The Morgan fingerprint density at radius 1 is 1.27 bits per heavy atom. The molecule has 0 radical (unpaired) electrons. The SMILES string of the molecule is Cc1cccc(C2=Nc3c(ncnc3N[C@@H]3C[C@@H](COS(N)(=O)=O)[C@@H](O)C3)C2)c1C. The van der Waals surface area contributed by atoms with E-state index in [0.29, 0.717) is 30.8 Å². The van der Waals surface area contributed by atoms with Crippen LogP contribution in [0.2, 0.25) is 0 Å². The number of nitrogens with one attached hydrogen (secondary N) is 1. The van der Waals surface area contributed by atoms with Gasteiger partial charge in [-0.15, -0.1) is 0 Å². The number of anilines is 1. The number of aliphatic hydroxyl groups is 1. The lowest BCUT2D eigenvalue weighted by Gasteiger charge is -2.14. The van der Waals surface area contributed by atoms with Crippen LogP contribution in [0, 0.1) is 19.8 Å². The highest BCUT2D eigenvalue weighted by atomic mass is 32.2. The quantitative estimate of drug-likeness (QED) is 0.630. The van der Waals surface area contributed by atoms with Gasteiger partial charge in [0.05, 0.1) is 24.1 Å². The molecule has 1 saturated carbocycles. The number of nitrogens with two attached hydrogens (primary N) is 1. The number of hydrogen-bond donors (Lipinski definition) is 3. The Bertz CT molecular complexity index is 1100. The minimum Gasteiger partial charge on any atom is -0.393 e. The van der Waals surface area contributed by atoms with Gasteiger partial charge in [0.15, 0.2) is 5.82 Å². The fourth-order valence-electron chi connectivity index (χ4n) is 4.10. The summed E-state index contributed by atoms with van der Waals surface area (Å²) in [5.41, 5.74) is 6.05. The van der Waals surface area contributed by atoms with E-state index in [0.717, 1.165) is 17.0 Å². The van der Waals surface area contributed by atoms with Crippen molar-refractivity contribution in [3.8, 4) is 0 Å². The van der Waals surface area contributed by atoms with Crippen molar-refractivity contribution >= 4 is 27.5 Å². The van der Waals surface area contributed by atoms with Crippen molar-refractivity contribution < 1.29 is 17.7 Å². The van der Waals surface area contributed by atoms with Crippen LogP contribution in [0.3, 0.4) is 0 Å². The number of nitrogens with zero attached hydrogens (tertiary/aromatic N) is 3.